The van der Waals surface area contributed by atoms with Gasteiger partial charge < -0.3 is 45.4 Å². The predicted molar refractivity (Wildman–Crippen MR) is 97.2 cm³/mol. The van der Waals surface area contributed by atoms with Crippen LogP contribution >= 0.6 is 0 Å². The first-order valence-electron chi connectivity index (χ1n) is 9.22. The third-order valence-electron chi connectivity index (χ3n) is 5.44. The number of rotatable bonds is 5. The summed E-state index contributed by atoms with van der Waals surface area (Å²) < 4.78 is 12.2. The minimum Gasteiger partial charge on any atom is -0.394 e. The summed E-state index contributed by atoms with van der Waals surface area (Å²) in [4.78, 5) is 23.1. The Kier molecular flexibility index (Phi) is 5.27. The predicted octanol–water partition coefficient (Wildman–Crippen LogP) is -4.03. The van der Waals surface area contributed by atoms with E-state index in [9.17, 15) is 35.4 Å². The summed E-state index contributed by atoms with van der Waals surface area (Å²) >= 11 is 0. The molecule has 2 saturated heterocycles. The van der Waals surface area contributed by atoms with Gasteiger partial charge in [0.05, 0.1) is 19.5 Å². The molecule has 2 aliphatic rings. The van der Waals surface area contributed by atoms with Gasteiger partial charge in [-0.2, -0.15) is 4.98 Å². The highest BCUT2D eigenvalue weighted by molar-refractivity contribution is 5.71. The third-order valence-corrected chi connectivity index (χ3v) is 5.44. The van der Waals surface area contributed by atoms with Crippen LogP contribution in [-0.2, 0) is 9.47 Å². The Morgan fingerprint density at radius 2 is 1.87 bits per heavy atom. The largest absolute Gasteiger partial charge is 0.394 e. The monoisotopic (exact) mass is 429 g/mol. The average Bonchev–Trinajstić information content (AvgIpc) is 3.32. The fraction of sp³-hybridized carbons (Fsp3) is 0.688. The molecule has 1 unspecified atom stereocenters. The molecule has 2 aromatic heterocycles. The summed E-state index contributed by atoms with van der Waals surface area (Å²) in [6, 6.07) is 0. The van der Waals surface area contributed by atoms with Crippen molar-refractivity contribution in [2.24, 2.45) is 0 Å². The molecule has 0 aromatic carbocycles. The van der Waals surface area contributed by atoms with E-state index in [1.807, 2.05) is 0 Å². The van der Waals surface area contributed by atoms with Crippen LogP contribution in [0.1, 0.15) is 13.2 Å². The number of nitrogens with zero attached hydrogens (tertiary/aromatic N) is 3. The van der Waals surface area contributed by atoms with Gasteiger partial charge >= 0.3 is 0 Å². The van der Waals surface area contributed by atoms with E-state index in [4.69, 9.17) is 9.47 Å². The Morgan fingerprint density at radius 1 is 1.17 bits per heavy atom. The van der Waals surface area contributed by atoms with Gasteiger partial charge in [0, 0.05) is 0 Å². The zero-order valence-corrected chi connectivity index (χ0v) is 15.8. The molecule has 4 heterocycles. The van der Waals surface area contributed by atoms with E-state index in [-0.39, 0.29) is 17.1 Å². The molecule has 2 aromatic rings. The average molecular weight is 429 g/mol. The van der Waals surface area contributed by atoms with Gasteiger partial charge in [0.2, 0.25) is 5.95 Å². The van der Waals surface area contributed by atoms with E-state index >= 15 is 0 Å². The van der Waals surface area contributed by atoms with Gasteiger partial charge in [-0.05, 0) is 6.92 Å². The molecule has 4 rings (SSSR count). The first-order valence-corrected chi connectivity index (χ1v) is 9.22. The van der Waals surface area contributed by atoms with Gasteiger partial charge in [-0.15, -0.1) is 0 Å². The number of hydrogen-bond donors (Lipinski definition) is 8. The molecule has 0 aliphatic carbocycles. The van der Waals surface area contributed by atoms with Crippen molar-refractivity contribution in [1.29, 1.82) is 0 Å². The minimum atomic E-state index is -1.58. The third kappa shape index (κ3) is 3.17. The van der Waals surface area contributed by atoms with Gasteiger partial charge in [-0.3, -0.25) is 14.3 Å². The quantitative estimate of drug-likeness (QED) is 0.228. The molecule has 8 atom stereocenters. The summed E-state index contributed by atoms with van der Waals surface area (Å²) in [6.45, 7) is 0.352. The van der Waals surface area contributed by atoms with Crippen molar-refractivity contribution in [3.05, 3.63) is 16.7 Å². The van der Waals surface area contributed by atoms with Crippen molar-refractivity contribution in [1.82, 2.24) is 19.5 Å². The molecule has 14 heteroatoms. The molecule has 0 bridgehead atoms. The van der Waals surface area contributed by atoms with E-state index in [2.05, 4.69) is 20.3 Å². The highest BCUT2D eigenvalue weighted by atomic mass is 16.6. The minimum absolute atomic E-state index is 0.00793. The SMILES string of the molecule is CC1(Nc2nc3c(ncn3[C@@H]3O[C@H](CO)[C@@H](O)[C@H]3O)c(=O)[nH]2)O[C@H](CO)[C@@H](O)[C@H]1O. The topological polar surface area (TPSA) is 215 Å². The van der Waals surface area contributed by atoms with Gasteiger partial charge in [-0.1, -0.05) is 0 Å². The number of fused-ring (bicyclic) bond motifs is 1. The lowest BCUT2D eigenvalue weighted by Crippen LogP contribution is -2.47. The molecular formula is C16H23N5O9. The lowest BCUT2D eigenvalue weighted by molar-refractivity contribution is -0.0634. The second kappa shape index (κ2) is 7.51. The molecular weight excluding hydrogens is 406 g/mol. The number of hydrogen-bond acceptors (Lipinski definition) is 12. The molecule has 14 nitrogen and oxygen atoms in total. The van der Waals surface area contributed by atoms with Gasteiger partial charge in [0.25, 0.3) is 5.56 Å². The van der Waals surface area contributed by atoms with Crippen molar-refractivity contribution in [2.75, 3.05) is 18.5 Å². The maximum Gasteiger partial charge on any atom is 0.280 e. The number of ether oxygens (including phenoxy) is 2. The summed E-state index contributed by atoms with van der Waals surface area (Å²) in [5, 5.41) is 61.7. The second-order valence-electron chi connectivity index (χ2n) is 7.47. The summed E-state index contributed by atoms with van der Waals surface area (Å²) in [6.07, 6.45) is -7.60. The van der Waals surface area contributed by atoms with E-state index in [1.165, 1.54) is 17.8 Å². The maximum absolute atomic E-state index is 12.4. The summed E-state index contributed by atoms with van der Waals surface area (Å²) in [7, 11) is 0. The Hall–Kier alpha value is -2.17. The molecule has 2 aliphatic heterocycles. The van der Waals surface area contributed by atoms with Crippen LogP contribution in [0.5, 0.6) is 0 Å². The van der Waals surface area contributed by atoms with Crippen LogP contribution in [0.4, 0.5) is 5.95 Å². The molecule has 0 radical (unpaired) electrons. The second-order valence-corrected chi connectivity index (χ2v) is 7.47. The first kappa shape index (κ1) is 21.1. The van der Waals surface area contributed by atoms with Crippen LogP contribution < -0.4 is 10.9 Å². The highest BCUT2D eigenvalue weighted by Gasteiger charge is 2.51. The van der Waals surface area contributed by atoms with Crippen LogP contribution in [0, 0.1) is 0 Å². The normalized spacial score (nSPS) is 39.1. The number of H-pyrrole nitrogens is 1. The Labute approximate surface area is 168 Å². The number of aromatic nitrogens is 4. The fourth-order valence-electron chi connectivity index (χ4n) is 3.75. The zero-order valence-electron chi connectivity index (χ0n) is 15.8. The highest BCUT2D eigenvalue weighted by Crippen LogP contribution is 2.33. The van der Waals surface area contributed by atoms with Crippen LogP contribution in [-0.4, -0.2) is 106 Å². The van der Waals surface area contributed by atoms with E-state index in [0.717, 1.165) is 0 Å². The van der Waals surface area contributed by atoms with Crippen molar-refractivity contribution in [2.45, 2.75) is 55.5 Å². The number of aromatic amines is 1. The van der Waals surface area contributed by atoms with Crippen LogP contribution in [0.2, 0.25) is 0 Å². The van der Waals surface area contributed by atoms with Crippen LogP contribution in [0.15, 0.2) is 11.1 Å². The number of aliphatic hydroxyl groups excluding tert-OH is 6. The number of anilines is 1. The lowest BCUT2D eigenvalue weighted by Gasteiger charge is -2.29. The molecule has 0 amide bonds. The van der Waals surface area contributed by atoms with Crippen molar-refractivity contribution in [3.8, 4) is 0 Å². The smallest absolute Gasteiger partial charge is 0.280 e. The summed E-state index contributed by atoms with van der Waals surface area (Å²) in [5.74, 6) is -0.145. The number of imidazole rings is 1. The Balaban J connectivity index is 1.69. The number of aliphatic hydroxyl groups is 6. The maximum atomic E-state index is 12.4. The Morgan fingerprint density at radius 3 is 2.47 bits per heavy atom. The fourth-order valence-corrected chi connectivity index (χ4v) is 3.75. The van der Waals surface area contributed by atoms with E-state index in [0.29, 0.717) is 0 Å². The summed E-state index contributed by atoms with van der Waals surface area (Å²) in [5.41, 5.74) is -2.32. The molecule has 2 fully saturated rings. The molecule has 0 spiro atoms. The van der Waals surface area contributed by atoms with Crippen molar-refractivity contribution in [3.63, 3.8) is 0 Å². The van der Waals surface area contributed by atoms with Gasteiger partial charge in [0.1, 0.15) is 36.6 Å². The molecule has 30 heavy (non-hydrogen) atoms. The Bertz CT molecular complexity index is 982. The first-order chi connectivity index (χ1) is 14.2. The van der Waals surface area contributed by atoms with Crippen molar-refractivity contribution >= 4 is 17.1 Å². The van der Waals surface area contributed by atoms with Gasteiger partial charge in [0.15, 0.2) is 23.1 Å². The van der Waals surface area contributed by atoms with Gasteiger partial charge in [-0.25, -0.2) is 4.98 Å². The van der Waals surface area contributed by atoms with Crippen LogP contribution in [0.25, 0.3) is 11.2 Å². The molecule has 166 valence electrons. The standard InChI is InChI=1S/C16H23N5O9/c1-16(11(27)9(25)6(3-23)30-16)20-15-18-12-7(13(28)19-15)17-4-21(12)14-10(26)8(24)5(2-22)29-14/h4-6,8-11,14,22-27H,2-3H2,1H3,(H2,18,19,20,28)/t5-,6-,8-,9-,10-,11-,14-,16?/m1/s1. The molecule has 8 N–H and O–H groups in total. The molecule has 0 saturated carbocycles. The zero-order chi connectivity index (χ0) is 21.8. The van der Waals surface area contributed by atoms with E-state index < -0.39 is 67.3 Å². The van der Waals surface area contributed by atoms with Crippen LogP contribution in [0.3, 0.4) is 0 Å². The van der Waals surface area contributed by atoms with E-state index in [1.54, 1.807) is 0 Å². The van der Waals surface area contributed by atoms with Crippen molar-refractivity contribution < 1.29 is 40.1 Å². The number of nitrogens with one attached hydrogen (secondary N) is 2. The lowest BCUT2D eigenvalue weighted by atomic mass is 10.0.